The van der Waals surface area contributed by atoms with Gasteiger partial charge in [0, 0.05) is 58.3 Å². The van der Waals surface area contributed by atoms with Crippen molar-refractivity contribution in [3.8, 4) is 28.3 Å². The summed E-state index contributed by atoms with van der Waals surface area (Å²) in [4.78, 5) is 0. The number of piperidine rings is 1. The highest BCUT2D eigenvalue weighted by molar-refractivity contribution is 6.02. The molecule has 3 aromatic heterocycles. The van der Waals surface area contributed by atoms with E-state index >= 15 is 4.39 Å². The lowest BCUT2D eigenvalue weighted by molar-refractivity contribution is 0.0524. The van der Waals surface area contributed by atoms with Crippen LogP contribution >= 0.6 is 0 Å². The van der Waals surface area contributed by atoms with E-state index in [1.807, 2.05) is 0 Å². The van der Waals surface area contributed by atoms with Gasteiger partial charge in [0.2, 0.25) is 5.88 Å². The molecule has 0 bridgehead atoms. The SMILES string of the molecule is CC1(C)CC(Oc2ccc(-c3cc(F)c(-c4cn[nH]c4)c4cn[nH]c34)nn2)CC(C)(C)N1. The van der Waals surface area contributed by atoms with Crippen LogP contribution in [0.1, 0.15) is 40.5 Å². The van der Waals surface area contributed by atoms with E-state index < -0.39 is 0 Å². The quantitative estimate of drug-likeness (QED) is 0.443. The predicted molar refractivity (Wildman–Crippen MR) is 120 cm³/mol. The standard InChI is InChI=1S/C23H26FN7O/c1-22(2)8-14(9-23(3,4)31-22)32-19-6-5-18(28-29-19)15-7-17(24)20(13-10-25-26-11-13)16-12-27-30-21(15)16/h5-7,10-12,14,31H,8-9H2,1-4H3,(H,25,26)(H,27,30). The third-order valence-corrected chi connectivity index (χ3v) is 5.83. The van der Waals surface area contributed by atoms with E-state index in [0.717, 1.165) is 12.8 Å². The summed E-state index contributed by atoms with van der Waals surface area (Å²) < 4.78 is 21.2. The van der Waals surface area contributed by atoms with Crippen LogP contribution < -0.4 is 10.1 Å². The zero-order chi connectivity index (χ0) is 22.5. The van der Waals surface area contributed by atoms with Gasteiger partial charge in [0.25, 0.3) is 0 Å². The predicted octanol–water partition coefficient (Wildman–Crippen LogP) is 4.24. The van der Waals surface area contributed by atoms with Crippen LogP contribution in [-0.2, 0) is 0 Å². The molecule has 4 heterocycles. The number of nitrogens with one attached hydrogen (secondary N) is 3. The Balaban J connectivity index is 1.44. The van der Waals surface area contributed by atoms with Crippen molar-refractivity contribution < 1.29 is 9.13 Å². The highest BCUT2D eigenvalue weighted by Crippen LogP contribution is 2.36. The van der Waals surface area contributed by atoms with Crippen molar-refractivity contribution in [3.63, 3.8) is 0 Å². The Morgan fingerprint density at radius 1 is 1.03 bits per heavy atom. The summed E-state index contributed by atoms with van der Waals surface area (Å²) in [5, 5.41) is 26.6. The van der Waals surface area contributed by atoms with Gasteiger partial charge < -0.3 is 10.1 Å². The summed E-state index contributed by atoms with van der Waals surface area (Å²) in [7, 11) is 0. The number of fused-ring (bicyclic) bond motifs is 1. The summed E-state index contributed by atoms with van der Waals surface area (Å²) in [5.41, 5.74) is 2.85. The molecule has 1 aliphatic heterocycles. The molecule has 8 nitrogen and oxygen atoms in total. The fourth-order valence-corrected chi connectivity index (χ4v) is 4.97. The lowest BCUT2D eigenvalue weighted by Crippen LogP contribution is -2.60. The second-order valence-corrected chi connectivity index (χ2v) is 9.72. The Bertz CT molecular complexity index is 1230. The van der Waals surface area contributed by atoms with Crippen LogP contribution in [0, 0.1) is 5.82 Å². The monoisotopic (exact) mass is 435 g/mol. The Kier molecular flexibility index (Phi) is 4.74. The van der Waals surface area contributed by atoms with Crippen molar-refractivity contribution in [1.82, 2.24) is 35.9 Å². The van der Waals surface area contributed by atoms with E-state index in [1.54, 1.807) is 30.7 Å². The fourth-order valence-electron chi connectivity index (χ4n) is 4.97. The molecule has 32 heavy (non-hydrogen) atoms. The largest absolute Gasteiger partial charge is 0.473 e. The van der Waals surface area contributed by atoms with Crippen molar-refractivity contribution in [2.75, 3.05) is 0 Å². The molecular weight excluding hydrogens is 409 g/mol. The third kappa shape index (κ3) is 3.84. The summed E-state index contributed by atoms with van der Waals surface area (Å²) in [6.45, 7) is 8.71. The summed E-state index contributed by atoms with van der Waals surface area (Å²) in [5.74, 6) is 0.0835. The van der Waals surface area contributed by atoms with E-state index in [2.05, 4.69) is 63.6 Å². The highest BCUT2D eigenvalue weighted by atomic mass is 19.1. The van der Waals surface area contributed by atoms with E-state index in [4.69, 9.17) is 4.74 Å². The van der Waals surface area contributed by atoms with Crippen molar-refractivity contribution in [3.05, 3.63) is 42.6 Å². The van der Waals surface area contributed by atoms with Crippen molar-refractivity contribution >= 4 is 10.9 Å². The lowest BCUT2D eigenvalue weighted by atomic mass is 9.81. The summed E-state index contributed by atoms with van der Waals surface area (Å²) in [6.07, 6.45) is 6.62. The smallest absolute Gasteiger partial charge is 0.233 e. The maximum Gasteiger partial charge on any atom is 0.233 e. The first-order valence-electron chi connectivity index (χ1n) is 10.7. The van der Waals surface area contributed by atoms with Gasteiger partial charge in [0.15, 0.2) is 0 Å². The molecule has 1 fully saturated rings. The molecule has 9 heteroatoms. The second kappa shape index (κ2) is 7.37. The summed E-state index contributed by atoms with van der Waals surface area (Å²) in [6, 6.07) is 5.03. The molecule has 0 atom stereocenters. The number of halogens is 1. The van der Waals surface area contributed by atoms with Gasteiger partial charge >= 0.3 is 0 Å². The van der Waals surface area contributed by atoms with Gasteiger partial charge in [-0.15, -0.1) is 10.2 Å². The number of rotatable bonds is 4. The van der Waals surface area contributed by atoms with Crippen LogP contribution in [0.15, 0.2) is 36.8 Å². The minimum absolute atomic E-state index is 0.0275. The molecule has 0 unspecified atom stereocenters. The number of nitrogens with zero attached hydrogens (tertiary/aromatic N) is 4. The fraction of sp³-hybridized carbons (Fsp3) is 0.391. The van der Waals surface area contributed by atoms with Gasteiger partial charge in [-0.1, -0.05) is 0 Å². The molecule has 0 saturated carbocycles. The molecule has 5 rings (SSSR count). The zero-order valence-electron chi connectivity index (χ0n) is 18.5. The normalized spacial score (nSPS) is 18.2. The van der Waals surface area contributed by atoms with Crippen LogP contribution in [-0.4, -0.2) is 47.8 Å². The minimum atomic E-state index is -0.378. The molecule has 0 spiro atoms. The summed E-state index contributed by atoms with van der Waals surface area (Å²) >= 11 is 0. The van der Waals surface area contributed by atoms with Gasteiger partial charge in [-0.25, -0.2) is 4.39 Å². The number of benzene rings is 1. The van der Waals surface area contributed by atoms with Gasteiger partial charge in [-0.2, -0.15) is 10.2 Å². The van der Waals surface area contributed by atoms with E-state index in [1.165, 1.54) is 6.07 Å². The molecule has 166 valence electrons. The molecule has 3 N–H and O–H groups in total. The van der Waals surface area contributed by atoms with E-state index in [0.29, 0.717) is 39.2 Å². The number of H-pyrrole nitrogens is 2. The van der Waals surface area contributed by atoms with Gasteiger partial charge in [-0.3, -0.25) is 10.2 Å². The first kappa shape index (κ1) is 20.6. The average molecular weight is 436 g/mol. The van der Waals surface area contributed by atoms with Gasteiger partial charge in [0.05, 0.1) is 23.6 Å². The van der Waals surface area contributed by atoms with Crippen molar-refractivity contribution in [2.45, 2.75) is 57.7 Å². The topological polar surface area (TPSA) is 104 Å². The third-order valence-electron chi connectivity index (χ3n) is 5.83. The maximum absolute atomic E-state index is 15.1. The van der Waals surface area contributed by atoms with Crippen molar-refractivity contribution in [2.24, 2.45) is 0 Å². The van der Waals surface area contributed by atoms with Crippen LogP contribution in [0.2, 0.25) is 0 Å². The van der Waals surface area contributed by atoms with E-state index in [-0.39, 0.29) is 23.0 Å². The number of ether oxygens (including phenoxy) is 1. The Hall–Kier alpha value is -3.33. The van der Waals surface area contributed by atoms with Crippen LogP contribution in [0.4, 0.5) is 4.39 Å². The Morgan fingerprint density at radius 3 is 2.47 bits per heavy atom. The molecule has 1 saturated heterocycles. The van der Waals surface area contributed by atoms with Crippen LogP contribution in [0.5, 0.6) is 5.88 Å². The molecule has 4 aromatic rings. The van der Waals surface area contributed by atoms with Gasteiger partial charge in [0.1, 0.15) is 11.9 Å². The Labute approximate surface area is 185 Å². The molecule has 1 aromatic carbocycles. The number of aromatic amines is 2. The molecular formula is C23H26FN7O. The Morgan fingerprint density at radius 2 is 1.81 bits per heavy atom. The molecule has 0 aliphatic carbocycles. The second-order valence-electron chi connectivity index (χ2n) is 9.72. The maximum atomic E-state index is 15.1. The first-order valence-corrected chi connectivity index (χ1v) is 10.7. The minimum Gasteiger partial charge on any atom is -0.473 e. The average Bonchev–Trinajstić information content (AvgIpc) is 3.37. The van der Waals surface area contributed by atoms with Gasteiger partial charge in [-0.05, 0) is 39.8 Å². The highest BCUT2D eigenvalue weighted by Gasteiger charge is 2.38. The lowest BCUT2D eigenvalue weighted by Gasteiger charge is -2.46. The van der Waals surface area contributed by atoms with Crippen LogP contribution in [0.3, 0.4) is 0 Å². The first-order chi connectivity index (χ1) is 15.2. The number of aromatic nitrogens is 6. The number of hydrogen-bond donors (Lipinski definition) is 3. The molecule has 0 amide bonds. The number of hydrogen-bond acceptors (Lipinski definition) is 6. The molecule has 1 aliphatic rings. The molecule has 0 radical (unpaired) electrons. The van der Waals surface area contributed by atoms with E-state index in [9.17, 15) is 0 Å². The zero-order valence-corrected chi connectivity index (χ0v) is 18.5. The van der Waals surface area contributed by atoms with Crippen LogP contribution in [0.25, 0.3) is 33.3 Å². The van der Waals surface area contributed by atoms with Crippen molar-refractivity contribution in [1.29, 1.82) is 0 Å².